The van der Waals surface area contributed by atoms with Gasteiger partial charge in [0, 0.05) is 11.3 Å². The maximum atomic E-state index is 12.4. The molecule has 0 aromatic heterocycles. The van der Waals surface area contributed by atoms with Crippen molar-refractivity contribution >= 4 is 11.6 Å². The summed E-state index contributed by atoms with van der Waals surface area (Å²) < 4.78 is 0. The summed E-state index contributed by atoms with van der Waals surface area (Å²) >= 11 is 0. The van der Waals surface area contributed by atoms with Crippen LogP contribution in [0.15, 0.2) is 78.9 Å². The van der Waals surface area contributed by atoms with Gasteiger partial charge in [-0.15, -0.1) is 0 Å². The largest absolute Gasteiger partial charge is 0.325 e. The molecular formula is C21H19NO. The average Bonchev–Trinajstić information content (AvgIpc) is 2.58. The normalized spacial score (nSPS) is 10.3. The van der Waals surface area contributed by atoms with Crippen LogP contribution in [-0.4, -0.2) is 5.91 Å². The van der Waals surface area contributed by atoms with Crippen molar-refractivity contribution in [1.29, 1.82) is 0 Å². The van der Waals surface area contributed by atoms with Gasteiger partial charge < -0.3 is 5.32 Å². The predicted molar refractivity (Wildman–Crippen MR) is 95.4 cm³/mol. The first kappa shape index (κ1) is 15.0. The van der Waals surface area contributed by atoms with Crippen LogP contribution in [0.25, 0.3) is 11.1 Å². The van der Waals surface area contributed by atoms with E-state index < -0.39 is 0 Å². The molecule has 23 heavy (non-hydrogen) atoms. The molecule has 2 nitrogen and oxygen atoms in total. The van der Waals surface area contributed by atoms with Crippen LogP contribution in [0.3, 0.4) is 0 Å². The molecule has 1 N–H and O–H groups in total. The fourth-order valence-electron chi connectivity index (χ4n) is 2.64. The second kappa shape index (κ2) is 6.93. The van der Waals surface area contributed by atoms with E-state index >= 15 is 0 Å². The summed E-state index contributed by atoms with van der Waals surface area (Å²) in [5, 5.41) is 3.05. The van der Waals surface area contributed by atoms with E-state index in [9.17, 15) is 4.79 Å². The molecule has 0 spiro atoms. The van der Waals surface area contributed by atoms with E-state index in [2.05, 4.69) is 5.32 Å². The molecule has 0 fully saturated rings. The molecule has 0 saturated heterocycles. The number of hydrogen-bond donors (Lipinski definition) is 1. The molecule has 0 bridgehead atoms. The van der Waals surface area contributed by atoms with Crippen molar-refractivity contribution in [3.8, 4) is 11.1 Å². The number of rotatable bonds is 4. The van der Waals surface area contributed by atoms with Crippen LogP contribution in [0, 0.1) is 6.92 Å². The van der Waals surface area contributed by atoms with Crippen LogP contribution in [0.2, 0.25) is 0 Å². The molecule has 0 aliphatic heterocycles. The highest BCUT2D eigenvalue weighted by molar-refractivity contribution is 5.96. The zero-order chi connectivity index (χ0) is 16.1. The average molecular weight is 301 g/mol. The topological polar surface area (TPSA) is 29.1 Å². The van der Waals surface area contributed by atoms with Crippen LogP contribution in [0.1, 0.15) is 11.1 Å². The Bertz CT molecular complexity index is 809. The number of anilines is 1. The van der Waals surface area contributed by atoms with Gasteiger partial charge in [0.05, 0.1) is 6.42 Å². The molecule has 0 aliphatic rings. The molecule has 2 heteroatoms. The summed E-state index contributed by atoms with van der Waals surface area (Å²) in [5.74, 6) is 0.00248. The summed E-state index contributed by atoms with van der Waals surface area (Å²) in [5.41, 5.74) is 5.17. The van der Waals surface area contributed by atoms with E-state index in [1.165, 1.54) is 0 Å². The molecule has 3 aromatic carbocycles. The van der Waals surface area contributed by atoms with Crippen molar-refractivity contribution in [3.05, 3.63) is 90.0 Å². The number of nitrogens with one attached hydrogen (secondary N) is 1. The van der Waals surface area contributed by atoms with E-state index in [1.54, 1.807) is 0 Å². The van der Waals surface area contributed by atoms with Crippen LogP contribution in [0.5, 0.6) is 0 Å². The maximum Gasteiger partial charge on any atom is 0.228 e. The number of hydrogen-bond acceptors (Lipinski definition) is 1. The molecule has 0 aliphatic carbocycles. The van der Waals surface area contributed by atoms with Gasteiger partial charge in [-0.25, -0.2) is 0 Å². The molecule has 114 valence electrons. The Labute approximate surface area is 136 Å². The van der Waals surface area contributed by atoms with Gasteiger partial charge in [-0.3, -0.25) is 4.79 Å². The Morgan fingerprint density at radius 3 is 2.26 bits per heavy atom. The van der Waals surface area contributed by atoms with Crippen molar-refractivity contribution in [1.82, 2.24) is 0 Å². The zero-order valence-electron chi connectivity index (χ0n) is 13.1. The minimum Gasteiger partial charge on any atom is -0.325 e. The second-order valence-corrected chi connectivity index (χ2v) is 5.56. The van der Waals surface area contributed by atoms with Gasteiger partial charge in [-0.1, -0.05) is 72.8 Å². The minimum absolute atomic E-state index is 0.00248. The first-order chi connectivity index (χ1) is 11.2. The van der Waals surface area contributed by atoms with Crippen molar-refractivity contribution in [2.45, 2.75) is 13.3 Å². The zero-order valence-corrected chi connectivity index (χ0v) is 13.1. The maximum absolute atomic E-state index is 12.4. The minimum atomic E-state index is 0.00248. The van der Waals surface area contributed by atoms with Crippen LogP contribution in [0.4, 0.5) is 5.69 Å². The monoisotopic (exact) mass is 301 g/mol. The predicted octanol–water partition coefficient (Wildman–Crippen LogP) is 4.84. The highest BCUT2D eigenvalue weighted by Crippen LogP contribution is 2.27. The van der Waals surface area contributed by atoms with Crippen molar-refractivity contribution in [2.75, 3.05) is 5.32 Å². The van der Waals surface area contributed by atoms with E-state index in [0.717, 1.165) is 27.9 Å². The summed E-state index contributed by atoms with van der Waals surface area (Å²) in [6.07, 6.45) is 0.385. The summed E-state index contributed by atoms with van der Waals surface area (Å²) in [7, 11) is 0. The third kappa shape index (κ3) is 3.67. The van der Waals surface area contributed by atoms with Crippen LogP contribution in [-0.2, 0) is 11.2 Å². The molecule has 0 heterocycles. The summed E-state index contributed by atoms with van der Waals surface area (Å²) in [6, 6.07) is 26.0. The van der Waals surface area contributed by atoms with Crippen molar-refractivity contribution < 1.29 is 4.79 Å². The van der Waals surface area contributed by atoms with Gasteiger partial charge in [0.2, 0.25) is 5.91 Å². The Morgan fingerprint density at radius 2 is 1.48 bits per heavy atom. The third-order valence-electron chi connectivity index (χ3n) is 3.90. The summed E-state index contributed by atoms with van der Waals surface area (Å²) in [6.45, 7) is 2.03. The van der Waals surface area contributed by atoms with Crippen LogP contribution >= 0.6 is 0 Å². The first-order valence-electron chi connectivity index (χ1n) is 7.73. The molecule has 0 unspecified atom stereocenters. The second-order valence-electron chi connectivity index (χ2n) is 5.56. The third-order valence-corrected chi connectivity index (χ3v) is 3.90. The summed E-state index contributed by atoms with van der Waals surface area (Å²) in [4.78, 5) is 12.4. The molecule has 3 rings (SSSR count). The highest BCUT2D eigenvalue weighted by atomic mass is 16.1. The lowest BCUT2D eigenvalue weighted by molar-refractivity contribution is -0.115. The molecule has 1 amide bonds. The van der Waals surface area contributed by atoms with Gasteiger partial charge in [0.15, 0.2) is 0 Å². The molecular weight excluding hydrogens is 282 g/mol. The lowest BCUT2D eigenvalue weighted by atomic mass is 10.0. The number of benzene rings is 3. The van der Waals surface area contributed by atoms with Gasteiger partial charge >= 0.3 is 0 Å². The van der Waals surface area contributed by atoms with E-state index in [0.29, 0.717) is 6.42 Å². The van der Waals surface area contributed by atoms with Gasteiger partial charge in [0.25, 0.3) is 0 Å². The smallest absolute Gasteiger partial charge is 0.228 e. The number of aryl methyl sites for hydroxylation is 1. The lowest BCUT2D eigenvalue weighted by Crippen LogP contribution is -2.15. The fourth-order valence-corrected chi connectivity index (χ4v) is 2.64. The van der Waals surface area contributed by atoms with E-state index in [-0.39, 0.29) is 5.91 Å². The van der Waals surface area contributed by atoms with E-state index in [4.69, 9.17) is 0 Å². The fraction of sp³-hybridized carbons (Fsp3) is 0.0952. The Kier molecular flexibility index (Phi) is 4.53. The van der Waals surface area contributed by atoms with Gasteiger partial charge in [0.1, 0.15) is 0 Å². The molecule has 3 aromatic rings. The quantitative estimate of drug-likeness (QED) is 0.733. The Hall–Kier alpha value is -2.87. The van der Waals surface area contributed by atoms with E-state index in [1.807, 2.05) is 85.8 Å². The highest BCUT2D eigenvalue weighted by Gasteiger charge is 2.09. The SMILES string of the molecule is Cc1ccccc1CC(=O)Nc1ccccc1-c1ccccc1. The van der Waals surface area contributed by atoms with Crippen molar-refractivity contribution in [3.63, 3.8) is 0 Å². The number of para-hydroxylation sites is 1. The van der Waals surface area contributed by atoms with Gasteiger partial charge in [-0.05, 0) is 29.7 Å². The number of carbonyl (C=O) groups is 1. The van der Waals surface area contributed by atoms with Crippen LogP contribution < -0.4 is 5.32 Å². The first-order valence-corrected chi connectivity index (χ1v) is 7.73. The lowest BCUT2D eigenvalue weighted by Gasteiger charge is -2.12. The molecule has 0 radical (unpaired) electrons. The standard InChI is InChI=1S/C21H19NO/c1-16-9-5-6-12-18(16)15-21(23)22-20-14-8-7-13-19(20)17-10-3-2-4-11-17/h2-14H,15H2,1H3,(H,22,23). The van der Waals surface area contributed by atoms with Gasteiger partial charge in [-0.2, -0.15) is 0 Å². The number of carbonyl (C=O) groups excluding carboxylic acids is 1. The molecule has 0 atom stereocenters. The number of amides is 1. The Balaban J connectivity index is 1.81. The molecule has 0 saturated carbocycles. The Morgan fingerprint density at radius 1 is 0.826 bits per heavy atom. The van der Waals surface area contributed by atoms with Crippen molar-refractivity contribution in [2.24, 2.45) is 0 Å².